The first kappa shape index (κ1) is 31.0. The van der Waals surface area contributed by atoms with Gasteiger partial charge >= 0.3 is 220 Å². The van der Waals surface area contributed by atoms with E-state index in [4.69, 9.17) is 18.1 Å². The van der Waals surface area contributed by atoms with Crippen LogP contribution in [0.5, 0.6) is 0 Å². The van der Waals surface area contributed by atoms with Crippen LogP contribution in [0.1, 0.15) is 83.1 Å². The molecule has 2 rings (SSSR count). The fraction of sp³-hybridized carbons (Fsp3) is 0.692. The Kier molecular flexibility index (Phi) is 9.30. The van der Waals surface area contributed by atoms with E-state index >= 15 is 0 Å². The molecule has 0 saturated carbocycles. The van der Waals surface area contributed by atoms with Gasteiger partial charge in [-0.1, -0.05) is 0 Å². The molecule has 0 bridgehead atoms. The Balaban J connectivity index is 2.38. The van der Waals surface area contributed by atoms with Gasteiger partial charge in [0, 0.05) is 0 Å². The van der Waals surface area contributed by atoms with Gasteiger partial charge in [-0.25, -0.2) is 0 Å². The molecule has 35 heavy (non-hydrogen) atoms. The van der Waals surface area contributed by atoms with E-state index in [1.54, 1.807) is 0 Å². The third kappa shape index (κ3) is 9.55. The first-order valence-corrected chi connectivity index (χ1v) is 16.3. The van der Waals surface area contributed by atoms with Crippen molar-refractivity contribution in [1.29, 1.82) is 0 Å². The Hall–Kier alpha value is -0.221. The van der Waals surface area contributed by atoms with Crippen LogP contribution >= 0.6 is 15.2 Å². The Morgan fingerprint density at radius 2 is 0.829 bits per heavy atom. The zero-order chi connectivity index (χ0) is 27.1. The van der Waals surface area contributed by atoms with Crippen LogP contribution < -0.4 is 0 Å². The molecule has 6 nitrogen and oxygen atoms in total. The summed E-state index contributed by atoms with van der Waals surface area (Å²) in [7, 11) is -7.25. The van der Waals surface area contributed by atoms with E-state index < -0.39 is 37.6 Å². The van der Waals surface area contributed by atoms with E-state index in [9.17, 15) is 9.13 Å². The van der Waals surface area contributed by atoms with Crippen LogP contribution in [-0.2, 0) is 42.2 Å². The van der Waals surface area contributed by atoms with Gasteiger partial charge in [-0.15, -0.1) is 0 Å². The second kappa shape index (κ2) is 10.5. The van der Waals surface area contributed by atoms with E-state index in [2.05, 4.69) is 0 Å². The molecule has 0 radical (unpaired) electrons. The summed E-state index contributed by atoms with van der Waals surface area (Å²) in [4.78, 5) is -0.418. The summed E-state index contributed by atoms with van der Waals surface area (Å²) in [5.74, 6) is 0. The van der Waals surface area contributed by atoms with Crippen molar-refractivity contribution in [3.63, 3.8) is 0 Å². The van der Waals surface area contributed by atoms with Gasteiger partial charge in [-0.3, -0.25) is 0 Å². The maximum absolute atomic E-state index is 14.2. The average molecular weight is 570 g/mol. The van der Waals surface area contributed by atoms with Gasteiger partial charge in [0.1, 0.15) is 0 Å². The molecule has 2 unspecified atom stereocenters. The molecule has 0 heterocycles. The molecular formula is C26H44FeO6P2. The third-order valence-electron chi connectivity index (χ3n) is 4.10. The summed E-state index contributed by atoms with van der Waals surface area (Å²) >= 11 is 0.542. The van der Waals surface area contributed by atoms with Gasteiger partial charge in [-0.05, 0) is 0 Å². The van der Waals surface area contributed by atoms with Crippen molar-refractivity contribution >= 4 is 15.2 Å². The van der Waals surface area contributed by atoms with E-state index in [-0.39, 0.29) is 9.63 Å². The monoisotopic (exact) mass is 570 g/mol. The molecule has 0 aromatic carbocycles. The minimum absolute atomic E-state index is 0.209. The van der Waals surface area contributed by atoms with Crippen molar-refractivity contribution < 1.29 is 42.2 Å². The molecule has 0 amide bonds. The molecule has 0 aromatic rings. The molecular weight excluding hydrogens is 526 g/mol. The SMILES string of the molecule is CC(C)(C)OP(=O)(OC(C)(C)C)C1=CC=C[CH]1[Fe][CH]1C=CC=C1P(=O)(OC(C)(C)C)OC(C)(C)C. The summed E-state index contributed by atoms with van der Waals surface area (Å²) in [5, 5.41) is 1.23. The Morgan fingerprint density at radius 3 is 1.06 bits per heavy atom. The summed E-state index contributed by atoms with van der Waals surface area (Å²) in [6.07, 6.45) is 11.5. The quantitative estimate of drug-likeness (QED) is 0.214. The Labute approximate surface area is 219 Å². The third-order valence-corrected chi connectivity index (χ3v) is 11.7. The molecule has 0 spiro atoms. The Morgan fingerprint density at radius 1 is 0.571 bits per heavy atom. The van der Waals surface area contributed by atoms with Crippen LogP contribution in [-0.4, -0.2) is 22.4 Å². The molecule has 2 aliphatic rings. The normalized spacial score (nSPS) is 22.2. The average Bonchev–Trinajstić information content (AvgIpc) is 3.17. The van der Waals surface area contributed by atoms with Crippen LogP contribution in [0.4, 0.5) is 0 Å². The van der Waals surface area contributed by atoms with Gasteiger partial charge in [0.15, 0.2) is 0 Å². The molecule has 0 aromatic heterocycles. The van der Waals surface area contributed by atoms with E-state index in [1.165, 1.54) is 0 Å². The van der Waals surface area contributed by atoms with Gasteiger partial charge in [0.05, 0.1) is 0 Å². The zero-order valence-corrected chi connectivity index (χ0v) is 26.2. The van der Waals surface area contributed by atoms with E-state index in [0.29, 0.717) is 25.6 Å². The van der Waals surface area contributed by atoms with Crippen molar-refractivity contribution in [1.82, 2.24) is 0 Å². The zero-order valence-electron chi connectivity index (χ0n) is 23.3. The number of allylic oxidation sites excluding steroid dienone is 8. The van der Waals surface area contributed by atoms with Crippen molar-refractivity contribution in [3.8, 4) is 0 Å². The van der Waals surface area contributed by atoms with Crippen LogP contribution in [0, 0.1) is 0 Å². The number of rotatable bonds is 8. The van der Waals surface area contributed by atoms with Crippen LogP contribution in [0.15, 0.2) is 47.1 Å². The van der Waals surface area contributed by atoms with Crippen LogP contribution in [0.2, 0.25) is 9.63 Å². The molecule has 0 fully saturated rings. The predicted molar refractivity (Wildman–Crippen MR) is 141 cm³/mol. The number of hydrogen-bond donors (Lipinski definition) is 0. The van der Waals surface area contributed by atoms with Gasteiger partial charge in [0.25, 0.3) is 0 Å². The molecule has 202 valence electrons. The van der Waals surface area contributed by atoms with E-state index in [1.807, 2.05) is 120 Å². The molecule has 2 atom stereocenters. The molecule has 9 heteroatoms. The van der Waals surface area contributed by atoms with Crippen LogP contribution in [0.25, 0.3) is 0 Å². The van der Waals surface area contributed by atoms with Crippen LogP contribution in [0.3, 0.4) is 0 Å². The van der Waals surface area contributed by atoms with Crippen molar-refractivity contribution in [2.24, 2.45) is 0 Å². The predicted octanol–water partition coefficient (Wildman–Crippen LogP) is 9.20. The van der Waals surface area contributed by atoms with Crippen molar-refractivity contribution in [2.75, 3.05) is 0 Å². The molecule has 0 N–H and O–H groups in total. The van der Waals surface area contributed by atoms with E-state index in [0.717, 1.165) is 0 Å². The summed E-state index contributed by atoms with van der Waals surface area (Å²) < 4.78 is 52.8. The molecule has 0 aliphatic heterocycles. The van der Waals surface area contributed by atoms with Crippen molar-refractivity contribution in [3.05, 3.63) is 47.1 Å². The summed E-state index contributed by atoms with van der Waals surface area (Å²) in [6.45, 7) is 22.4. The topological polar surface area (TPSA) is 71.1 Å². The summed E-state index contributed by atoms with van der Waals surface area (Å²) in [5.41, 5.74) is -2.65. The fourth-order valence-electron chi connectivity index (χ4n) is 3.38. The number of hydrogen-bond acceptors (Lipinski definition) is 6. The standard InChI is InChI=1S/2C13H22O3P.Fe/c2*1-12(2,3)15-17(14,16-13(4,5)6)11-9-7-8-10-11;/h2*7-10H,1-6H3;. The molecule has 0 saturated heterocycles. The van der Waals surface area contributed by atoms with Crippen molar-refractivity contribution in [2.45, 2.75) is 115 Å². The minimum atomic E-state index is -3.63. The van der Waals surface area contributed by atoms with Gasteiger partial charge < -0.3 is 0 Å². The molecule has 2 aliphatic carbocycles. The first-order valence-electron chi connectivity index (χ1n) is 11.9. The fourth-order valence-corrected chi connectivity index (χ4v) is 11.0. The second-order valence-corrected chi connectivity index (χ2v) is 18.1. The Bertz CT molecular complexity index is 877. The van der Waals surface area contributed by atoms with Gasteiger partial charge in [0.2, 0.25) is 0 Å². The first-order chi connectivity index (χ1) is 15.5. The summed E-state index contributed by atoms with van der Waals surface area (Å²) in [6, 6.07) is 0. The maximum atomic E-state index is 14.2. The van der Waals surface area contributed by atoms with Gasteiger partial charge in [-0.2, -0.15) is 0 Å². The second-order valence-electron chi connectivity index (χ2n) is 12.7.